The standard InChI is InChI=1S/C18H26N2O5S/c1-13(21)14-3-2-4-17(9-14)25-12-16(22)10-20-8-7-18(11-20)26(23,24)19-15-5-6-15/h2-4,9,15-16,18-19,22H,5-8,10-12H2,1H3/t16-,18+/m0/s1. The van der Waals surface area contributed by atoms with Gasteiger partial charge in [-0.3, -0.25) is 9.69 Å². The summed E-state index contributed by atoms with van der Waals surface area (Å²) >= 11 is 0. The summed E-state index contributed by atoms with van der Waals surface area (Å²) in [7, 11) is -3.27. The highest BCUT2D eigenvalue weighted by atomic mass is 32.2. The minimum atomic E-state index is -3.27. The Labute approximate surface area is 154 Å². The monoisotopic (exact) mass is 382 g/mol. The van der Waals surface area contributed by atoms with E-state index in [2.05, 4.69) is 4.72 Å². The minimum absolute atomic E-state index is 0.0416. The van der Waals surface area contributed by atoms with Crippen molar-refractivity contribution in [1.82, 2.24) is 9.62 Å². The van der Waals surface area contributed by atoms with Crippen molar-refractivity contribution in [3.63, 3.8) is 0 Å². The Morgan fingerprint density at radius 2 is 2.15 bits per heavy atom. The van der Waals surface area contributed by atoms with Gasteiger partial charge in [0.1, 0.15) is 18.5 Å². The average molecular weight is 382 g/mol. The lowest BCUT2D eigenvalue weighted by Gasteiger charge is -2.20. The molecule has 1 aromatic carbocycles. The van der Waals surface area contributed by atoms with E-state index in [-0.39, 0.29) is 18.4 Å². The summed E-state index contributed by atoms with van der Waals surface area (Å²) in [6.07, 6.45) is 1.71. The van der Waals surface area contributed by atoms with Gasteiger partial charge in [-0.2, -0.15) is 0 Å². The summed E-state index contributed by atoms with van der Waals surface area (Å²) in [5.74, 6) is 0.493. The van der Waals surface area contributed by atoms with Crippen LogP contribution in [0.1, 0.15) is 36.5 Å². The third kappa shape index (κ3) is 5.26. The van der Waals surface area contributed by atoms with E-state index in [1.54, 1.807) is 24.3 Å². The van der Waals surface area contributed by atoms with E-state index in [0.29, 0.717) is 37.4 Å². The molecule has 3 rings (SSSR count). The van der Waals surface area contributed by atoms with E-state index >= 15 is 0 Å². The number of ether oxygens (including phenoxy) is 1. The van der Waals surface area contributed by atoms with Gasteiger partial charge in [0, 0.05) is 24.7 Å². The second kappa shape index (κ2) is 8.04. The lowest BCUT2D eigenvalue weighted by atomic mass is 10.1. The van der Waals surface area contributed by atoms with Crippen molar-refractivity contribution < 1.29 is 23.1 Å². The van der Waals surface area contributed by atoms with Crippen LogP contribution >= 0.6 is 0 Å². The molecule has 1 saturated heterocycles. The number of likely N-dealkylation sites (tertiary alicyclic amines) is 1. The van der Waals surface area contributed by atoms with Crippen molar-refractivity contribution in [2.24, 2.45) is 0 Å². The van der Waals surface area contributed by atoms with Crippen molar-refractivity contribution in [2.75, 3.05) is 26.2 Å². The van der Waals surface area contributed by atoms with E-state index in [1.165, 1.54) is 6.92 Å². The number of β-amino-alcohol motifs (C(OH)–C–C–N with tert-alkyl or cyclic N) is 1. The fourth-order valence-corrected chi connectivity index (χ4v) is 4.81. The number of carbonyl (C=O) groups excluding carboxylic acids is 1. The number of rotatable bonds is 9. The third-order valence-corrected chi connectivity index (χ3v) is 6.65. The van der Waals surface area contributed by atoms with Gasteiger partial charge in [0.05, 0.1) is 5.25 Å². The third-order valence-electron chi connectivity index (χ3n) is 4.73. The summed E-state index contributed by atoms with van der Waals surface area (Å²) in [6.45, 7) is 3.02. The van der Waals surface area contributed by atoms with E-state index in [9.17, 15) is 18.3 Å². The summed E-state index contributed by atoms with van der Waals surface area (Å²) in [6, 6.07) is 6.96. The summed E-state index contributed by atoms with van der Waals surface area (Å²) < 4.78 is 32.8. The maximum atomic E-state index is 12.3. The number of hydrogen-bond donors (Lipinski definition) is 2. The molecular weight excluding hydrogens is 356 g/mol. The zero-order valence-electron chi connectivity index (χ0n) is 14.9. The maximum Gasteiger partial charge on any atom is 0.216 e. The molecular formula is C18H26N2O5S. The zero-order valence-corrected chi connectivity index (χ0v) is 15.7. The molecule has 8 heteroatoms. The van der Waals surface area contributed by atoms with Gasteiger partial charge in [-0.25, -0.2) is 13.1 Å². The fraction of sp³-hybridized carbons (Fsp3) is 0.611. The number of aliphatic hydroxyl groups is 1. The van der Waals surface area contributed by atoms with Crippen LogP contribution < -0.4 is 9.46 Å². The predicted octanol–water partition coefficient (Wildman–Crippen LogP) is 0.785. The molecule has 0 radical (unpaired) electrons. The first-order valence-corrected chi connectivity index (χ1v) is 10.5. The molecule has 1 heterocycles. The number of benzene rings is 1. The second-order valence-electron chi connectivity index (χ2n) is 7.16. The van der Waals surface area contributed by atoms with Crippen LogP contribution in [0.3, 0.4) is 0 Å². The Morgan fingerprint density at radius 1 is 1.38 bits per heavy atom. The van der Waals surface area contributed by atoms with E-state index in [0.717, 1.165) is 12.8 Å². The van der Waals surface area contributed by atoms with Gasteiger partial charge in [0.25, 0.3) is 0 Å². The fourth-order valence-electron chi connectivity index (χ4n) is 3.09. The predicted molar refractivity (Wildman–Crippen MR) is 97.9 cm³/mol. The lowest BCUT2D eigenvalue weighted by Crippen LogP contribution is -2.39. The van der Waals surface area contributed by atoms with Gasteiger partial charge in [0.15, 0.2) is 5.78 Å². The maximum absolute atomic E-state index is 12.3. The van der Waals surface area contributed by atoms with Crippen LogP contribution in [-0.2, 0) is 10.0 Å². The number of Topliss-reactive ketones (excluding diaryl/α,β-unsaturated/α-hetero) is 1. The molecule has 1 aromatic rings. The lowest BCUT2D eigenvalue weighted by molar-refractivity contribution is 0.0758. The van der Waals surface area contributed by atoms with Crippen LogP contribution in [0.5, 0.6) is 5.75 Å². The van der Waals surface area contributed by atoms with E-state index < -0.39 is 21.4 Å². The molecule has 0 aromatic heterocycles. The Bertz CT molecular complexity index is 748. The second-order valence-corrected chi connectivity index (χ2v) is 9.15. The summed E-state index contributed by atoms with van der Waals surface area (Å²) in [4.78, 5) is 13.3. The molecule has 1 aliphatic carbocycles. The SMILES string of the molecule is CC(=O)c1cccc(OC[C@@H](O)CN2CC[C@@H](S(=O)(=O)NC3CC3)C2)c1. The molecule has 0 unspecified atom stereocenters. The molecule has 144 valence electrons. The largest absolute Gasteiger partial charge is 0.491 e. The zero-order chi connectivity index (χ0) is 18.7. The Hall–Kier alpha value is -1.48. The van der Waals surface area contributed by atoms with E-state index in [4.69, 9.17) is 4.74 Å². The summed E-state index contributed by atoms with van der Waals surface area (Å²) in [5, 5.41) is 9.78. The molecule has 7 nitrogen and oxygen atoms in total. The quantitative estimate of drug-likeness (QED) is 0.613. The van der Waals surface area contributed by atoms with Crippen molar-refractivity contribution in [2.45, 2.75) is 43.6 Å². The highest BCUT2D eigenvalue weighted by molar-refractivity contribution is 7.90. The number of nitrogens with one attached hydrogen (secondary N) is 1. The first-order chi connectivity index (χ1) is 12.3. The van der Waals surface area contributed by atoms with Crippen LogP contribution in [0.4, 0.5) is 0 Å². The van der Waals surface area contributed by atoms with Gasteiger partial charge >= 0.3 is 0 Å². The van der Waals surface area contributed by atoms with Gasteiger partial charge in [-0.05, 0) is 44.9 Å². The normalized spacial score (nSPS) is 22.3. The number of sulfonamides is 1. The number of ketones is 1. The summed E-state index contributed by atoms with van der Waals surface area (Å²) in [5.41, 5.74) is 0.563. The van der Waals surface area contributed by atoms with Crippen LogP contribution in [-0.4, -0.2) is 67.8 Å². The van der Waals surface area contributed by atoms with Gasteiger partial charge in [-0.1, -0.05) is 12.1 Å². The highest BCUT2D eigenvalue weighted by Crippen LogP contribution is 2.23. The molecule has 1 saturated carbocycles. The average Bonchev–Trinajstić information content (AvgIpc) is 3.26. The van der Waals surface area contributed by atoms with Crippen LogP contribution in [0.2, 0.25) is 0 Å². The molecule has 2 N–H and O–H groups in total. The Kier molecular flexibility index (Phi) is 5.96. The molecule has 26 heavy (non-hydrogen) atoms. The molecule has 0 amide bonds. The number of hydrogen-bond acceptors (Lipinski definition) is 6. The topological polar surface area (TPSA) is 95.9 Å². The number of aliphatic hydroxyl groups excluding tert-OH is 1. The van der Waals surface area contributed by atoms with Gasteiger partial charge in [-0.15, -0.1) is 0 Å². The van der Waals surface area contributed by atoms with Crippen LogP contribution in [0.15, 0.2) is 24.3 Å². The van der Waals surface area contributed by atoms with Crippen molar-refractivity contribution in [1.29, 1.82) is 0 Å². The van der Waals surface area contributed by atoms with Gasteiger partial charge < -0.3 is 9.84 Å². The van der Waals surface area contributed by atoms with Crippen LogP contribution in [0.25, 0.3) is 0 Å². The first-order valence-electron chi connectivity index (χ1n) is 8.99. The van der Waals surface area contributed by atoms with Crippen molar-refractivity contribution in [3.8, 4) is 5.75 Å². The molecule has 2 aliphatic rings. The van der Waals surface area contributed by atoms with Gasteiger partial charge in [0.2, 0.25) is 10.0 Å². The van der Waals surface area contributed by atoms with E-state index in [1.807, 2.05) is 4.90 Å². The highest BCUT2D eigenvalue weighted by Gasteiger charge is 2.37. The molecule has 0 bridgehead atoms. The van der Waals surface area contributed by atoms with Crippen molar-refractivity contribution in [3.05, 3.63) is 29.8 Å². The number of carbonyl (C=O) groups is 1. The molecule has 2 fully saturated rings. The number of nitrogens with zero attached hydrogens (tertiary/aromatic N) is 1. The van der Waals surface area contributed by atoms with Crippen LogP contribution in [0, 0.1) is 0 Å². The Morgan fingerprint density at radius 3 is 2.85 bits per heavy atom. The minimum Gasteiger partial charge on any atom is -0.491 e. The smallest absolute Gasteiger partial charge is 0.216 e. The molecule has 0 spiro atoms. The first kappa shape index (κ1) is 19.3. The Balaban J connectivity index is 1.44. The molecule has 2 atom stereocenters. The molecule has 1 aliphatic heterocycles. The van der Waals surface area contributed by atoms with Crippen molar-refractivity contribution >= 4 is 15.8 Å².